The van der Waals surface area contributed by atoms with Gasteiger partial charge in [-0.05, 0) is 44.4 Å². The Kier molecular flexibility index (Phi) is 5.43. The number of carbonyl (C=O) groups excluding carboxylic acids is 1. The second-order valence-corrected chi connectivity index (χ2v) is 10.5. The second-order valence-electron chi connectivity index (χ2n) is 8.63. The first-order valence-corrected chi connectivity index (χ1v) is 12.1. The number of aliphatic imine (C=N–C) groups is 1. The highest BCUT2D eigenvalue weighted by atomic mass is 32.2. The molecular formula is C20H31N3O3S. The third-order valence-electron chi connectivity index (χ3n) is 6.82. The Hall–Kier alpha value is -1.21. The van der Waals surface area contributed by atoms with Gasteiger partial charge < -0.3 is 5.32 Å². The molecule has 4 rings (SSSR count). The van der Waals surface area contributed by atoms with Crippen molar-refractivity contribution < 1.29 is 13.2 Å². The SMILES string of the molecule is O=C1NC(C2CCCCC2)=NC12CCN(S(=O)(=O)/C=C/C1CCCC1)CC2. The lowest BCUT2D eigenvalue weighted by atomic mass is 9.88. The molecule has 2 heterocycles. The van der Waals surface area contributed by atoms with Crippen LogP contribution in [0.3, 0.4) is 0 Å². The summed E-state index contributed by atoms with van der Waals surface area (Å²) in [5.41, 5.74) is -0.742. The molecule has 0 radical (unpaired) electrons. The van der Waals surface area contributed by atoms with Crippen molar-refractivity contribution in [2.75, 3.05) is 13.1 Å². The molecule has 0 aromatic rings. The summed E-state index contributed by atoms with van der Waals surface area (Å²) in [5, 5.41) is 4.42. The molecule has 1 N–H and O–H groups in total. The van der Waals surface area contributed by atoms with Crippen LogP contribution < -0.4 is 5.32 Å². The van der Waals surface area contributed by atoms with Crippen LogP contribution in [0.4, 0.5) is 0 Å². The van der Waals surface area contributed by atoms with E-state index in [1.165, 1.54) is 41.8 Å². The standard InChI is InChI=1S/C20H31N3O3S/c24-19-20(22-18(21-19)17-8-2-1-3-9-17)11-13-23(14-12-20)27(25,26)15-10-16-6-4-5-7-16/h10,15-17H,1-9,11-14H2,(H,21,22,24)/b15-10+. The number of rotatable bonds is 4. The fraction of sp³-hybridized carbons (Fsp3) is 0.800. The Bertz CT molecular complexity index is 724. The van der Waals surface area contributed by atoms with Crippen LogP contribution in [-0.4, -0.2) is 43.1 Å². The molecule has 7 heteroatoms. The molecule has 0 aromatic heterocycles. The summed E-state index contributed by atoms with van der Waals surface area (Å²) in [5.74, 6) is 1.61. The van der Waals surface area contributed by atoms with E-state index in [1.807, 2.05) is 6.08 Å². The van der Waals surface area contributed by atoms with E-state index in [4.69, 9.17) is 4.99 Å². The highest BCUT2D eigenvalue weighted by Gasteiger charge is 2.48. The van der Waals surface area contributed by atoms with E-state index < -0.39 is 15.6 Å². The predicted octanol–water partition coefficient (Wildman–Crippen LogP) is 2.96. The van der Waals surface area contributed by atoms with Crippen LogP contribution >= 0.6 is 0 Å². The molecular weight excluding hydrogens is 362 g/mol. The summed E-state index contributed by atoms with van der Waals surface area (Å²) >= 11 is 0. The van der Waals surface area contributed by atoms with Gasteiger partial charge in [-0.3, -0.25) is 9.79 Å². The van der Waals surface area contributed by atoms with Gasteiger partial charge in [0.2, 0.25) is 10.0 Å². The van der Waals surface area contributed by atoms with Gasteiger partial charge in [-0.15, -0.1) is 0 Å². The molecule has 0 atom stereocenters. The average molecular weight is 394 g/mol. The maximum absolute atomic E-state index is 12.7. The van der Waals surface area contributed by atoms with Crippen LogP contribution in [0.25, 0.3) is 0 Å². The number of hydrogen-bond acceptors (Lipinski definition) is 4. The van der Waals surface area contributed by atoms with Crippen molar-refractivity contribution in [3.63, 3.8) is 0 Å². The fourth-order valence-corrected chi connectivity index (χ4v) is 6.29. The molecule has 1 spiro atoms. The molecule has 4 aliphatic rings. The molecule has 6 nitrogen and oxygen atoms in total. The molecule has 3 fully saturated rings. The van der Waals surface area contributed by atoms with Crippen LogP contribution in [-0.2, 0) is 14.8 Å². The number of allylic oxidation sites excluding steroid dienone is 1. The molecule has 1 amide bonds. The van der Waals surface area contributed by atoms with E-state index in [0.717, 1.165) is 31.5 Å². The number of piperidine rings is 1. The van der Waals surface area contributed by atoms with Crippen molar-refractivity contribution in [3.05, 3.63) is 11.5 Å². The predicted molar refractivity (Wildman–Crippen MR) is 106 cm³/mol. The van der Waals surface area contributed by atoms with Crippen LogP contribution in [0.5, 0.6) is 0 Å². The first kappa shape index (κ1) is 19.1. The molecule has 2 aliphatic carbocycles. The minimum atomic E-state index is -3.40. The maximum atomic E-state index is 12.7. The van der Waals surface area contributed by atoms with E-state index in [0.29, 0.717) is 37.8 Å². The van der Waals surface area contributed by atoms with E-state index in [2.05, 4.69) is 5.32 Å². The lowest BCUT2D eigenvalue weighted by Gasteiger charge is -2.34. The van der Waals surface area contributed by atoms with Crippen LogP contribution in [0.2, 0.25) is 0 Å². The number of nitrogens with zero attached hydrogens (tertiary/aromatic N) is 2. The highest BCUT2D eigenvalue weighted by molar-refractivity contribution is 7.92. The first-order chi connectivity index (χ1) is 13.0. The zero-order chi connectivity index (χ0) is 18.9. The largest absolute Gasteiger partial charge is 0.312 e. The Morgan fingerprint density at radius 3 is 2.30 bits per heavy atom. The molecule has 27 heavy (non-hydrogen) atoms. The summed E-state index contributed by atoms with van der Waals surface area (Å²) < 4.78 is 26.8. The number of amides is 1. The highest BCUT2D eigenvalue weighted by Crippen LogP contribution is 2.35. The normalized spacial score (nSPS) is 28.1. The lowest BCUT2D eigenvalue weighted by molar-refractivity contribution is -0.124. The van der Waals surface area contributed by atoms with Gasteiger partial charge in [0.05, 0.1) is 0 Å². The Morgan fingerprint density at radius 1 is 1.00 bits per heavy atom. The molecule has 150 valence electrons. The van der Waals surface area contributed by atoms with Gasteiger partial charge in [0.25, 0.3) is 5.91 Å². The maximum Gasteiger partial charge on any atom is 0.253 e. The monoisotopic (exact) mass is 393 g/mol. The number of sulfonamides is 1. The molecule has 0 aromatic carbocycles. The van der Waals surface area contributed by atoms with Crippen molar-refractivity contribution in [2.45, 2.75) is 76.2 Å². The number of amidine groups is 1. The van der Waals surface area contributed by atoms with Gasteiger partial charge in [0.15, 0.2) is 0 Å². The number of nitrogens with one attached hydrogen (secondary N) is 1. The Balaban J connectivity index is 1.40. The average Bonchev–Trinajstić information content (AvgIpc) is 3.30. The Morgan fingerprint density at radius 2 is 1.63 bits per heavy atom. The van der Waals surface area contributed by atoms with E-state index in [-0.39, 0.29) is 5.91 Å². The molecule has 1 saturated heterocycles. The van der Waals surface area contributed by atoms with Gasteiger partial charge in [-0.2, -0.15) is 4.31 Å². The lowest BCUT2D eigenvalue weighted by Crippen LogP contribution is -2.50. The van der Waals surface area contributed by atoms with Gasteiger partial charge >= 0.3 is 0 Å². The van der Waals surface area contributed by atoms with Crippen molar-refractivity contribution in [2.24, 2.45) is 16.8 Å². The zero-order valence-corrected chi connectivity index (χ0v) is 16.8. The summed E-state index contributed by atoms with van der Waals surface area (Å²) in [7, 11) is -3.40. The zero-order valence-electron chi connectivity index (χ0n) is 16.0. The third kappa shape index (κ3) is 3.99. The van der Waals surface area contributed by atoms with Crippen molar-refractivity contribution in [1.82, 2.24) is 9.62 Å². The minimum absolute atomic E-state index is 0.0263. The quantitative estimate of drug-likeness (QED) is 0.797. The van der Waals surface area contributed by atoms with E-state index in [9.17, 15) is 13.2 Å². The smallest absolute Gasteiger partial charge is 0.253 e. The molecule has 0 bridgehead atoms. The fourth-order valence-electron chi connectivity index (χ4n) is 5.01. The number of hydrogen-bond donors (Lipinski definition) is 1. The van der Waals surface area contributed by atoms with Crippen LogP contribution in [0.1, 0.15) is 70.6 Å². The van der Waals surface area contributed by atoms with Gasteiger partial charge in [0.1, 0.15) is 11.4 Å². The molecule has 2 aliphatic heterocycles. The van der Waals surface area contributed by atoms with Crippen LogP contribution in [0.15, 0.2) is 16.5 Å². The topological polar surface area (TPSA) is 78.8 Å². The van der Waals surface area contributed by atoms with Crippen molar-refractivity contribution in [1.29, 1.82) is 0 Å². The first-order valence-electron chi connectivity index (χ1n) is 10.6. The molecule has 0 unspecified atom stereocenters. The van der Waals surface area contributed by atoms with Gasteiger partial charge in [-0.25, -0.2) is 8.42 Å². The second kappa shape index (κ2) is 7.66. The van der Waals surface area contributed by atoms with Gasteiger partial charge in [-0.1, -0.05) is 38.2 Å². The Labute approximate surface area is 162 Å². The summed E-state index contributed by atoms with van der Waals surface area (Å²) in [6.45, 7) is 0.735. The molecule has 2 saturated carbocycles. The van der Waals surface area contributed by atoms with Crippen LogP contribution in [0, 0.1) is 11.8 Å². The summed E-state index contributed by atoms with van der Waals surface area (Å²) in [4.78, 5) is 17.5. The summed E-state index contributed by atoms with van der Waals surface area (Å²) in [6.07, 6.45) is 13.3. The van der Waals surface area contributed by atoms with E-state index in [1.54, 1.807) is 0 Å². The summed E-state index contributed by atoms with van der Waals surface area (Å²) in [6, 6.07) is 0. The van der Waals surface area contributed by atoms with Crippen molar-refractivity contribution >= 4 is 21.8 Å². The minimum Gasteiger partial charge on any atom is -0.312 e. The van der Waals surface area contributed by atoms with E-state index >= 15 is 0 Å². The van der Waals surface area contributed by atoms with Gasteiger partial charge in [0, 0.05) is 24.4 Å². The third-order valence-corrected chi connectivity index (χ3v) is 8.41. The number of carbonyl (C=O) groups is 1. The van der Waals surface area contributed by atoms with Crippen molar-refractivity contribution in [3.8, 4) is 0 Å².